The summed E-state index contributed by atoms with van der Waals surface area (Å²) in [5, 5.41) is 5.20. The number of benzene rings is 3. The number of hydrogen-bond donors (Lipinski definition) is 0. The molecule has 6 nitrogen and oxygen atoms in total. The lowest BCUT2D eigenvalue weighted by Crippen LogP contribution is -2.36. The van der Waals surface area contributed by atoms with Crippen molar-refractivity contribution < 1.29 is 14.3 Å². The van der Waals surface area contributed by atoms with E-state index in [4.69, 9.17) is 26.2 Å². The van der Waals surface area contributed by atoms with Crippen LogP contribution < -0.4 is 9.47 Å². The van der Waals surface area contributed by atoms with Crippen LogP contribution in [0.4, 0.5) is 0 Å². The summed E-state index contributed by atoms with van der Waals surface area (Å²) in [6.45, 7) is 6.19. The number of aromatic nitrogens is 2. The maximum Gasteiger partial charge on any atom is 0.255 e. The topological polar surface area (TPSA) is 56.6 Å². The lowest BCUT2D eigenvalue weighted by atomic mass is 10.1. The highest BCUT2D eigenvalue weighted by Gasteiger charge is 2.27. The van der Waals surface area contributed by atoms with Crippen molar-refractivity contribution in [3.8, 4) is 23.1 Å². The van der Waals surface area contributed by atoms with E-state index < -0.39 is 0 Å². The lowest BCUT2D eigenvalue weighted by Gasteiger charge is -2.27. The van der Waals surface area contributed by atoms with Crippen molar-refractivity contribution in [2.75, 3.05) is 7.11 Å². The average Bonchev–Trinajstić information content (AvgIpc) is 3.17. The molecular formula is C28H28ClN3O3. The third-order valence-corrected chi connectivity index (χ3v) is 6.04. The van der Waals surface area contributed by atoms with Gasteiger partial charge in [0, 0.05) is 12.1 Å². The maximum absolute atomic E-state index is 13.5. The number of carbonyl (C=O) groups is 1. The van der Waals surface area contributed by atoms with Gasteiger partial charge < -0.3 is 14.4 Å². The second kappa shape index (κ2) is 10.7. The Bertz CT molecular complexity index is 1320. The first-order valence-corrected chi connectivity index (χ1v) is 11.8. The number of para-hydroxylation sites is 1. The molecule has 0 aliphatic rings. The van der Waals surface area contributed by atoms with Crippen LogP contribution in [-0.4, -0.2) is 33.7 Å². The molecule has 0 aliphatic carbocycles. The Hall–Kier alpha value is -3.77. The number of hydrogen-bond acceptors (Lipinski definition) is 4. The van der Waals surface area contributed by atoms with Crippen molar-refractivity contribution in [1.29, 1.82) is 0 Å². The number of carbonyl (C=O) groups excluding carboxylic acids is 1. The third kappa shape index (κ3) is 5.33. The molecule has 180 valence electrons. The first kappa shape index (κ1) is 24.4. The summed E-state index contributed by atoms with van der Waals surface area (Å²) in [5.74, 6) is 1.69. The van der Waals surface area contributed by atoms with E-state index in [-0.39, 0.29) is 11.9 Å². The van der Waals surface area contributed by atoms with E-state index >= 15 is 0 Å². The van der Waals surface area contributed by atoms with Crippen LogP contribution in [0.15, 0.2) is 78.9 Å². The molecule has 0 radical (unpaired) electrons. The lowest BCUT2D eigenvalue weighted by molar-refractivity contribution is 0.0689. The van der Waals surface area contributed by atoms with Crippen molar-refractivity contribution in [2.45, 2.75) is 33.4 Å². The number of rotatable bonds is 8. The van der Waals surface area contributed by atoms with Crippen LogP contribution >= 0.6 is 11.6 Å². The number of amides is 1. The number of halogens is 1. The normalized spacial score (nSPS) is 10.9. The highest BCUT2D eigenvalue weighted by atomic mass is 35.5. The fraction of sp³-hybridized carbons (Fsp3) is 0.214. The van der Waals surface area contributed by atoms with E-state index in [1.54, 1.807) is 28.8 Å². The zero-order chi connectivity index (χ0) is 24.9. The van der Waals surface area contributed by atoms with Crippen LogP contribution in [0.3, 0.4) is 0 Å². The van der Waals surface area contributed by atoms with Crippen LogP contribution in [0, 0.1) is 6.92 Å². The van der Waals surface area contributed by atoms with Gasteiger partial charge in [0.2, 0.25) is 5.88 Å². The van der Waals surface area contributed by atoms with Crippen molar-refractivity contribution in [2.24, 2.45) is 0 Å². The molecule has 3 aromatic carbocycles. The predicted molar refractivity (Wildman–Crippen MR) is 138 cm³/mol. The zero-order valence-electron chi connectivity index (χ0n) is 20.2. The molecule has 0 unspecified atom stereocenters. The van der Waals surface area contributed by atoms with Crippen molar-refractivity contribution in [1.82, 2.24) is 14.7 Å². The SMILES string of the molecule is COc1cccc(Oc2c(CN(C(=O)c3ccccc3Cl)C(C)C)c(C)nn2-c2ccccc2)c1. The van der Waals surface area contributed by atoms with Crippen LogP contribution in [0.25, 0.3) is 5.69 Å². The summed E-state index contributed by atoms with van der Waals surface area (Å²) in [7, 11) is 1.61. The molecular weight excluding hydrogens is 462 g/mol. The minimum absolute atomic E-state index is 0.0806. The molecule has 1 heterocycles. The van der Waals surface area contributed by atoms with Gasteiger partial charge in [-0.05, 0) is 57.2 Å². The summed E-state index contributed by atoms with van der Waals surface area (Å²) >= 11 is 6.35. The Morgan fingerprint density at radius 3 is 2.37 bits per heavy atom. The van der Waals surface area contributed by atoms with Crippen LogP contribution in [0.1, 0.15) is 35.5 Å². The minimum atomic E-state index is -0.148. The summed E-state index contributed by atoms with van der Waals surface area (Å²) in [6, 6.07) is 24.2. The summed E-state index contributed by atoms with van der Waals surface area (Å²) < 4.78 is 13.5. The van der Waals surface area contributed by atoms with E-state index in [1.165, 1.54) is 0 Å². The Balaban J connectivity index is 1.79. The molecule has 1 amide bonds. The van der Waals surface area contributed by atoms with Crippen LogP contribution in [-0.2, 0) is 6.54 Å². The molecule has 0 fully saturated rings. The Kier molecular flexibility index (Phi) is 7.42. The number of ether oxygens (including phenoxy) is 2. The predicted octanol–water partition coefficient (Wildman–Crippen LogP) is 6.69. The fourth-order valence-corrected chi connectivity index (χ4v) is 4.01. The summed E-state index contributed by atoms with van der Waals surface area (Å²) in [5.41, 5.74) is 2.90. The standard InChI is InChI=1S/C28H28ClN3O3/c1-19(2)31(27(33)24-15-8-9-16-26(24)29)18-25-20(3)30-32(21-11-6-5-7-12-21)28(25)35-23-14-10-13-22(17-23)34-4/h5-17,19H,18H2,1-4H3. The van der Waals surface area contributed by atoms with Crippen LogP contribution in [0.5, 0.6) is 17.4 Å². The van der Waals surface area contributed by atoms with Crippen molar-refractivity contribution in [3.05, 3.63) is 101 Å². The van der Waals surface area contributed by atoms with Crippen LogP contribution in [0.2, 0.25) is 5.02 Å². The molecule has 7 heteroatoms. The molecule has 0 spiro atoms. The quantitative estimate of drug-likeness (QED) is 0.277. The highest BCUT2D eigenvalue weighted by Crippen LogP contribution is 2.33. The minimum Gasteiger partial charge on any atom is -0.497 e. The first-order chi connectivity index (χ1) is 16.9. The molecule has 4 rings (SSSR count). The molecule has 0 atom stereocenters. The third-order valence-electron chi connectivity index (χ3n) is 5.71. The summed E-state index contributed by atoms with van der Waals surface area (Å²) in [4.78, 5) is 15.3. The summed E-state index contributed by atoms with van der Waals surface area (Å²) in [6.07, 6.45) is 0. The van der Waals surface area contributed by atoms with E-state index in [9.17, 15) is 4.79 Å². The molecule has 1 aromatic heterocycles. The molecule has 0 N–H and O–H groups in total. The Morgan fingerprint density at radius 1 is 1.00 bits per heavy atom. The fourth-order valence-electron chi connectivity index (χ4n) is 3.79. The van der Waals surface area contributed by atoms with Gasteiger partial charge in [0.25, 0.3) is 5.91 Å². The molecule has 4 aromatic rings. The number of methoxy groups -OCH3 is 1. The van der Waals surface area contributed by atoms with Gasteiger partial charge in [0.05, 0.1) is 41.2 Å². The van der Waals surface area contributed by atoms with Gasteiger partial charge >= 0.3 is 0 Å². The average molecular weight is 490 g/mol. The van der Waals surface area contributed by atoms with E-state index in [0.717, 1.165) is 16.9 Å². The Labute approximate surface area is 210 Å². The molecule has 0 bridgehead atoms. The van der Waals surface area contributed by atoms with Crippen molar-refractivity contribution in [3.63, 3.8) is 0 Å². The van der Waals surface area contributed by atoms with Gasteiger partial charge in [-0.1, -0.05) is 48.0 Å². The van der Waals surface area contributed by atoms with Gasteiger partial charge in [0.15, 0.2) is 0 Å². The second-order valence-electron chi connectivity index (χ2n) is 8.40. The monoisotopic (exact) mass is 489 g/mol. The molecule has 0 aliphatic heterocycles. The molecule has 0 saturated heterocycles. The van der Waals surface area contributed by atoms with Gasteiger partial charge in [-0.25, -0.2) is 4.68 Å². The largest absolute Gasteiger partial charge is 0.497 e. The zero-order valence-corrected chi connectivity index (χ0v) is 21.0. The van der Waals surface area contributed by atoms with Gasteiger partial charge in [-0.3, -0.25) is 4.79 Å². The van der Waals surface area contributed by atoms with Gasteiger partial charge in [0.1, 0.15) is 11.5 Å². The second-order valence-corrected chi connectivity index (χ2v) is 8.81. The maximum atomic E-state index is 13.5. The molecule has 35 heavy (non-hydrogen) atoms. The van der Waals surface area contributed by atoms with Gasteiger partial charge in [-0.15, -0.1) is 0 Å². The smallest absolute Gasteiger partial charge is 0.255 e. The van der Waals surface area contributed by atoms with Gasteiger partial charge in [-0.2, -0.15) is 5.10 Å². The first-order valence-electron chi connectivity index (χ1n) is 11.4. The number of nitrogens with zero attached hydrogens (tertiary/aromatic N) is 3. The number of aryl methyl sites for hydroxylation is 1. The molecule has 0 saturated carbocycles. The van der Waals surface area contributed by atoms with E-state index in [2.05, 4.69) is 0 Å². The Morgan fingerprint density at radius 2 is 1.69 bits per heavy atom. The highest BCUT2D eigenvalue weighted by molar-refractivity contribution is 6.33. The van der Waals surface area contributed by atoms with E-state index in [0.29, 0.717) is 34.5 Å². The van der Waals surface area contributed by atoms with E-state index in [1.807, 2.05) is 87.5 Å². The van der Waals surface area contributed by atoms with Crippen molar-refractivity contribution >= 4 is 17.5 Å².